The van der Waals surface area contributed by atoms with Gasteiger partial charge in [0.15, 0.2) is 0 Å². The van der Waals surface area contributed by atoms with Crippen LogP contribution in [0.25, 0.3) is 0 Å². The molecule has 0 atom stereocenters. The highest BCUT2D eigenvalue weighted by Gasteiger charge is 2.17. The molecule has 1 aromatic rings. The molecule has 17 heavy (non-hydrogen) atoms. The van der Waals surface area contributed by atoms with E-state index < -0.39 is 0 Å². The minimum atomic E-state index is -0.0223. The van der Waals surface area contributed by atoms with Crippen molar-refractivity contribution >= 4 is 27.5 Å². The highest BCUT2D eigenvalue weighted by molar-refractivity contribution is 9.10. The second kappa shape index (κ2) is 6.45. The third-order valence-corrected chi connectivity index (χ3v) is 3.27. The number of amides is 1. The average Bonchev–Trinajstić information content (AvgIpc) is 2.31. The first kappa shape index (κ1) is 13.8. The molecule has 0 aliphatic carbocycles. The Balaban J connectivity index is 3.00. The topological polar surface area (TPSA) is 46.3 Å². The van der Waals surface area contributed by atoms with Crippen LogP contribution in [0.2, 0.25) is 0 Å². The summed E-state index contributed by atoms with van der Waals surface area (Å²) in [5.41, 5.74) is 6.94. The number of halogens is 1. The predicted octanol–water partition coefficient (Wildman–Crippen LogP) is 3.07. The van der Waals surface area contributed by atoms with Gasteiger partial charge in [-0.3, -0.25) is 4.79 Å². The van der Waals surface area contributed by atoms with Crippen molar-refractivity contribution in [2.75, 3.05) is 18.8 Å². The second-order valence-electron chi connectivity index (χ2n) is 3.75. The van der Waals surface area contributed by atoms with Crippen molar-refractivity contribution in [2.24, 2.45) is 0 Å². The van der Waals surface area contributed by atoms with Crippen molar-refractivity contribution in [3.8, 4) is 0 Å². The smallest absolute Gasteiger partial charge is 0.255 e. The molecular weight excluding hydrogens is 280 g/mol. The molecule has 1 amide bonds. The Labute approximate surface area is 110 Å². The Morgan fingerprint density at radius 3 is 2.88 bits per heavy atom. The van der Waals surface area contributed by atoms with Gasteiger partial charge in [0, 0.05) is 18.8 Å². The molecule has 0 bridgehead atoms. The minimum absolute atomic E-state index is 0.0223. The van der Waals surface area contributed by atoms with Gasteiger partial charge in [0.2, 0.25) is 0 Å². The zero-order chi connectivity index (χ0) is 12.8. The quantitative estimate of drug-likeness (QED) is 0.670. The summed E-state index contributed by atoms with van der Waals surface area (Å²) in [6, 6.07) is 5.32. The summed E-state index contributed by atoms with van der Waals surface area (Å²) in [4.78, 5) is 14.0. The van der Waals surface area contributed by atoms with Gasteiger partial charge in [-0.1, -0.05) is 19.1 Å². The highest BCUT2D eigenvalue weighted by Crippen LogP contribution is 2.24. The SMILES string of the molecule is C=CCN(CCC)C(=O)c1cccc(N)c1Br. The number of hydrogen-bond acceptors (Lipinski definition) is 2. The van der Waals surface area contributed by atoms with Crippen LogP contribution in [0.4, 0.5) is 5.69 Å². The van der Waals surface area contributed by atoms with Gasteiger partial charge in [0.1, 0.15) is 0 Å². The van der Waals surface area contributed by atoms with Gasteiger partial charge in [0.05, 0.1) is 10.0 Å². The third-order valence-electron chi connectivity index (χ3n) is 2.39. The van der Waals surface area contributed by atoms with Crippen LogP contribution in [0.5, 0.6) is 0 Å². The van der Waals surface area contributed by atoms with Crippen molar-refractivity contribution in [1.82, 2.24) is 4.90 Å². The number of benzene rings is 1. The van der Waals surface area contributed by atoms with E-state index in [1.165, 1.54) is 0 Å². The maximum Gasteiger partial charge on any atom is 0.255 e. The van der Waals surface area contributed by atoms with Gasteiger partial charge in [-0.15, -0.1) is 6.58 Å². The van der Waals surface area contributed by atoms with Crippen LogP contribution in [-0.4, -0.2) is 23.9 Å². The van der Waals surface area contributed by atoms with E-state index in [1.807, 2.05) is 6.92 Å². The number of nitrogens with zero attached hydrogens (tertiary/aromatic N) is 1. The van der Waals surface area contributed by atoms with Gasteiger partial charge in [-0.05, 0) is 34.5 Å². The van der Waals surface area contributed by atoms with E-state index in [2.05, 4.69) is 22.5 Å². The van der Waals surface area contributed by atoms with Crippen LogP contribution < -0.4 is 5.73 Å². The van der Waals surface area contributed by atoms with Gasteiger partial charge >= 0.3 is 0 Å². The predicted molar refractivity (Wildman–Crippen MR) is 74.9 cm³/mol. The van der Waals surface area contributed by atoms with E-state index >= 15 is 0 Å². The monoisotopic (exact) mass is 296 g/mol. The summed E-state index contributed by atoms with van der Waals surface area (Å²) in [5, 5.41) is 0. The molecule has 0 unspecified atom stereocenters. The van der Waals surface area contributed by atoms with Crippen LogP contribution in [-0.2, 0) is 0 Å². The second-order valence-corrected chi connectivity index (χ2v) is 4.54. The molecule has 0 spiro atoms. The van der Waals surface area contributed by atoms with E-state index in [1.54, 1.807) is 29.2 Å². The van der Waals surface area contributed by atoms with Crippen LogP contribution >= 0.6 is 15.9 Å². The molecular formula is C13H17BrN2O. The summed E-state index contributed by atoms with van der Waals surface area (Å²) in [6.07, 6.45) is 2.65. The highest BCUT2D eigenvalue weighted by atomic mass is 79.9. The Morgan fingerprint density at radius 2 is 2.29 bits per heavy atom. The van der Waals surface area contributed by atoms with E-state index in [0.29, 0.717) is 28.8 Å². The molecule has 0 heterocycles. The molecule has 0 fully saturated rings. The molecule has 0 aromatic heterocycles. The lowest BCUT2D eigenvalue weighted by molar-refractivity contribution is 0.0773. The summed E-state index contributed by atoms with van der Waals surface area (Å²) < 4.78 is 0.662. The van der Waals surface area contributed by atoms with Crippen LogP contribution in [0.3, 0.4) is 0 Å². The molecule has 0 saturated carbocycles. The zero-order valence-corrected chi connectivity index (χ0v) is 11.5. The number of rotatable bonds is 5. The minimum Gasteiger partial charge on any atom is -0.398 e. The van der Waals surface area contributed by atoms with Crippen molar-refractivity contribution < 1.29 is 4.79 Å². The Bertz CT molecular complexity index is 418. The first-order valence-corrected chi connectivity index (χ1v) is 6.35. The van der Waals surface area contributed by atoms with E-state index in [4.69, 9.17) is 5.73 Å². The van der Waals surface area contributed by atoms with Crippen LogP contribution in [0.15, 0.2) is 35.3 Å². The first-order chi connectivity index (χ1) is 8.11. The summed E-state index contributed by atoms with van der Waals surface area (Å²) in [5.74, 6) is -0.0223. The standard InChI is InChI=1S/C13H17BrN2O/c1-3-8-16(9-4-2)13(17)10-6-5-7-11(15)12(10)14/h3,5-7H,1,4,8-9,15H2,2H3. The van der Waals surface area contributed by atoms with Crippen molar-refractivity contribution in [3.63, 3.8) is 0 Å². The summed E-state index contributed by atoms with van der Waals surface area (Å²) >= 11 is 3.35. The molecule has 1 rings (SSSR count). The molecule has 3 nitrogen and oxygen atoms in total. The van der Waals surface area contributed by atoms with Crippen LogP contribution in [0.1, 0.15) is 23.7 Å². The number of carbonyl (C=O) groups is 1. The van der Waals surface area contributed by atoms with Crippen molar-refractivity contribution in [1.29, 1.82) is 0 Å². The third kappa shape index (κ3) is 3.33. The zero-order valence-electron chi connectivity index (χ0n) is 9.95. The fraction of sp³-hybridized carbons (Fsp3) is 0.308. The molecule has 0 aliphatic heterocycles. The van der Waals surface area contributed by atoms with Gasteiger partial charge in [-0.2, -0.15) is 0 Å². The number of nitrogen functional groups attached to an aromatic ring is 1. The first-order valence-electron chi connectivity index (χ1n) is 5.56. The van der Waals surface area contributed by atoms with Crippen molar-refractivity contribution in [3.05, 3.63) is 40.9 Å². The molecule has 4 heteroatoms. The Hall–Kier alpha value is -1.29. The van der Waals surface area contributed by atoms with Gasteiger partial charge in [0.25, 0.3) is 5.91 Å². The molecule has 1 aromatic carbocycles. The molecule has 0 aliphatic rings. The van der Waals surface area contributed by atoms with Gasteiger partial charge < -0.3 is 10.6 Å². The van der Waals surface area contributed by atoms with E-state index in [9.17, 15) is 4.79 Å². The summed E-state index contributed by atoms with van der Waals surface area (Å²) in [6.45, 7) is 6.97. The lowest BCUT2D eigenvalue weighted by atomic mass is 10.1. The molecule has 2 N–H and O–H groups in total. The number of nitrogens with two attached hydrogens (primary N) is 1. The maximum absolute atomic E-state index is 12.3. The van der Waals surface area contributed by atoms with Crippen molar-refractivity contribution in [2.45, 2.75) is 13.3 Å². The van der Waals surface area contributed by atoms with E-state index in [0.717, 1.165) is 6.42 Å². The Kier molecular flexibility index (Phi) is 5.22. The van der Waals surface area contributed by atoms with Crippen LogP contribution in [0, 0.1) is 0 Å². The molecule has 0 saturated heterocycles. The number of hydrogen-bond donors (Lipinski definition) is 1. The largest absolute Gasteiger partial charge is 0.398 e. The lowest BCUT2D eigenvalue weighted by Crippen LogP contribution is -2.32. The average molecular weight is 297 g/mol. The van der Waals surface area contributed by atoms with Gasteiger partial charge in [-0.25, -0.2) is 0 Å². The fourth-order valence-corrected chi connectivity index (χ4v) is 2.02. The molecule has 92 valence electrons. The maximum atomic E-state index is 12.3. The normalized spacial score (nSPS) is 10.0. The lowest BCUT2D eigenvalue weighted by Gasteiger charge is -2.21. The number of anilines is 1. The molecule has 0 radical (unpaired) electrons. The Morgan fingerprint density at radius 1 is 1.59 bits per heavy atom. The number of carbonyl (C=O) groups excluding carboxylic acids is 1. The van der Waals surface area contributed by atoms with E-state index in [-0.39, 0.29) is 5.91 Å². The fourth-order valence-electron chi connectivity index (χ4n) is 1.59. The summed E-state index contributed by atoms with van der Waals surface area (Å²) in [7, 11) is 0.